The third-order valence-electron chi connectivity index (χ3n) is 1.91. The lowest BCUT2D eigenvalue weighted by molar-refractivity contribution is 0.0593. The van der Waals surface area contributed by atoms with Gasteiger partial charge in [0.1, 0.15) is 17.9 Å². The van der Waals surface area contributed by atoms with E-state index < -0.39 is 5.97 Å². The van der Waals surface area contributed by atoms with Crippen molar-refractivity contribution in [3.05, 3.63) is 28.2 Å². The van der Waals surface area contributed by atoms with Crippen molar-refractivity contribution in [3.8, 4) is 5.75 Å². The van der Waals surface area contributed by atoms with Crippen LogP contribution < -0.4 is 4.74 Å². The highest BCUT2D eigenvalue weighted by Gasteiger charge is 2.15. The van der Waals surface area contributed by atoms with Crippen LogP contribution in [0.25, 0.3) is 0 Å². The van der Waals surface area contributed by atoms with Crippen molar-refractivity contribution >= 4 is 21.9 Å². The fraction of sp³-hybridized carbons (Fsp3) is 0.364. The van der Waals surface area contributed by atoms with Crippen LogP contribution in [-0.2, 0) is 9.47 Å². The largest absolute Gasteiger partial charge is 0.489 e. The first-order valence-electron chi connectivity index (χ1n) is 4.69. The third-order valence-corrected chi connectivity index (χ3v) is 2.53. The number of hydrogen-bond acceptors (Lipinski definition) is 4. The van der Waals surface area contributed by atoms with E-state index in [1.165, 1.54) is 7.11 Å². The molecule has 1 aromatic rings. The van der Waals surface area contributed by atoms with E-state index >= 15 is 0 Å². The number of ether oxygens (including phenoxy) is 3. The summed E-state index contributed by atoms with van der Waals surface area (Å²) >= 11 is 3.32. The number of hydrogen-bond donors (Lipinski definition) is 0. The molecular formula is C11H13BrO4. The fourth-order valence-electron chi connectivity index (χ4n) is 1.15. The maximum Gasteiger partial charge on any atom is 0.341 e. The zero-order chi connectivity index (χ0) is 12.0. The molecule has 4 nitrogen and oxygen atoms in total. The molecule has 0 unspecified atom stereocenters. The third kappa shape index (κ3) is 3.21. The van der Waals surface area contributed by atoms with Crippen molar-refractivity contribution in [1.82, 2.24) is 0 Å². The van der Waals surface area contributed by atoms with Crippen LogP contribution in [0, 0.1) is 0 Å². The zero-order valence-corrected chi connectivity index (χ0v) is 10.7. The Hall–Kier alpha value is -1.07. The van der Waals surface area contributed by atoms with Crippen molar-refractivity contribution in [2.24, 2.45) is 0 Å². The Morgan fingerprint density at radius 2 is 2.06 bits per heavy atom. The number of carbonyl (C=O) groups is 1. The van der Waals surface area contributed by atoms with Gasteiger partial charge in [0.15, 0.2) is 0 Å². The minimum absolute atomic E-state index is 0.378. The van der Waals surface area contributed by atoms with Gasteiger partial charge in [0.05, 0.1) is 18.2 Å². The molecule has 0 saturated heterocycles. The van der Waals surface area contributed by atoms with Crippen LogP contribution in [0.4, 0.5) is 0 Å². The van der Waals surface area contributed by atoms with Crippen molar-refractivity contribution in [1.29, 1.82) is 0 Å². The first kappa shape index (κ1) is 13.0. The van der Waals surface area contributed by atoms with Gasteiger partial charge in [-0.2, -0.15) is 0 Å². The summed E-state index contributed by atoms with van der Waals surface area (Å²) < 4.78 is 15.7. The molecule has 0 atom stereocenters. The predicted octanol–water partition coefficient (Wildman–Crippen LogP) is 2.26. The monoisotopic (exact) mass is 288 g/mol. The molecule has 5 heteroatoms. The molecule has 0 radical (unpaired) electrons. The van der Waals surface area contributed by atoms with Gasteiger partial charge < -0.3 is 14.2 Å². The maximum atomic E-state index is 11.5. The molecule has 1 aromatic carbocycles. The average Bonchev–Trinajstić information content (AvgIpc) is 2.30. The van der Waals surface area contributed by atoms with Crippen LogP contribution in [0.1, 0.15) is 10.4 Å². The van der Waals surface area contributed by atoms with Gasteiger partial charge in [0.2, 0.25) is 0 Å². The molecule has 0 aromatic heterocycles. The standard InChI is InChI=1S/C11H13BrO4/c1-14-6-7-16-10-8(11(13)15-2)4-3-5-9(10)12/h3-5H,6-7H2,1-2H3. The zero-order valence-electron chi connectivity index (χ0n) is 9.16. The summed E-state index contributed by atoms with van der Waals surface area (Å²) in [5.41, 5.74) is 0.396. The van der Waals surface area contributed by atoms with Crippen LogP contribution in [0.5, 0.6) is 5.75 Å². The molecule has 0 aliphatic carbocycles. The Kier molecular flexibility index (Phi) is 5.28. The van der Waals surface area contributed by atoms with E-state index in [1.807, 2.05) is 0 Å². The number of carbonyl (C=O) groups excluding carboxylic acids is 1. The number of para-hydroxylation sites is 1. The number of halogens is 1. The van der Waals surface area contributed by atoms with Crippen molar-refractivity contribution in [2.75, 3.05) is 27.4 Å². The van der Waals surface area contributed by atoms with Crippen molar-refractivity contribution in [2.45, 2.75) is 0 Å². The summed E-state index contributed by atoms with van der Waals surface area (Å²) in [6.45, 7) is 0.838. The van der Waals surface area contributed by atoms with E-state index in [0.29, 0.717) is 29.0 Å². The predicted molar refractivity (Wildman–Crippen MR) is 62.9 cm³/mol. The van der Waals surface area contributed by atoms with Crippen LogP contribution in [-0.4, -0.2) is 33.4 Å². The van der Waals surface area contributed by atoms with Gasteiger partial charge in [-0.15, -0.1) is 0 Å². The highest BCUT2D eigenvalue weighted by molar-refractivity contribution is 9.10. The molecule has 88 valence electrons. The second-order valence-electron chi connectivity index (χ2n) is 2.95. The average molecular weight is 289 g/mol. The van der Waals surface area contributed by atoms with E-state index in [0.717, 1.165) is 0 Å². The Morgan fingerprint density at radius 3 is 2.69 bits per heavy atom. The Balaban J connectivity index is 2.90. The van der Waals surface area contributed by atoms with Gasteiger partial charge >= 0.3 is 5.97 Å². The van der Waals surface area contributed by atoms with E-state index in [9.17, 15) is 4.79 Å². The second-order valence-corrected chi connectivity index (χ2v) is 3.80. The number of rotatable bonds is 5. The van der Waals surface area contributed by atoms with Crippen molar-refractivity contribution in [3.63, 3.8) is 0 Å². The Morgan fingerprint density at radius 1 is 1.31 bits per heavy atom. The normalized spacial score (nSPS) is 9.94. The molecular weight excluding hydrogens is 276 g/mol. The lowest BCUT2D eigenvalue weighted by Crippen LogP contribution is -2.10. The molecule has 1 rings (SSSR count). The maximum absolute atomic E-state index is 11.5. The first-order valence-corrected chi connectivity index (χ1v) is 5.48. The van der Waals surface area contributed by atoms with Crippen molar-refractivity contribution < 1.29 is 19.0 Å². The Labute approximate surface area is 103 Å². The molecule has 0 aliphatic rings. The molecule has 0 heterocycles. The van der Waals surface area contributed by atoms with Gasteiger partial charge in [-0.1, -0.05) is 6.07 Å². The SMILES string of the molecule is COCCOc1c(Br)cccc1C(=O)OC. The summed E-state index contributed by atoms with van der Waals surface area (Å²) in [6, 6.07) is 5.20. The molecule has 0 N–H and O–H groups in total. The molecule has 16 heavy (non-hydrogen) atoms. The topological polar surface area (TPSA) is 44.8 Å². The molecule has 0 amide bonds. The summed E-state index contributed by atoms with van der Waals surface area (Å²) in [6.07, 6.45) is 0. The van der Waals surface area contributed by atoms with E-state index in [-0.39, 0.29) is 0 Å². The van der Waals surface area contributed by atoms with E-state index in [4.69, 9.17) is 9.47 Å². The Bertz CT molecular complexity index is 365. The van der Waals surface area contributed by atoms with Crippen LogP contribution in [0.2, 0.25) is 0 Å². The fourth-order valence-corrected chi connectivity index (χ4v) is 1.63. The van der Waals surface area contributed by atoms with Gasteiger partial charge in [0.25, 0.3) is 0 Å². The van der Waals surface area contributed by atoms with E-state index in [1.54, 1.807) is 25.3 Å². The minimum atomic E-state index is -0.422. The highest BCUT2D eigenvalue weighted by Crippen LogP contribution is 2.29. The quantitative estimate of drug-likeness (QED) is 0.616. The molecule has 0 saturated carbocycles. The van der Waals surface area contributed by atoms with Gasteiger partial charge in [-0.05, 0) is 28.1 Å². The van der Waals surface area contributed by atoms with Crippen LogP contribution >= 0.6 is 15.9 Å². The van der Waals surface area contributed by atoms with E-state index in [2.05, 4.69) is 20.7 Å². The number of esters is 1. The number of methoxy groups -OCH3 is 2. The van der Waals surface area contributed by atoms with Gasteiger partial charge in [0, 0.05) is 7.11 Å². The highest BCUT2D eigenvalue weighted by atomic mass is 79.9. The summed E-state index contributed by atoms with van der Waals surface area (Å²) in [4.78, 5) is 11.5. The smallest absolute Gasteiger partial charge is 0.341 e. The first-order chi connectivity index (χ1) is 7.70. The number of benzene rings is 1. The van der Waals surface area contributed by atoms with Gasteiger partial charge in [-0.25, -0.2) is 4.79 Å². The van der Waals surface area contributed by atoms with Crippen LogP contribution in [0.3, 0.4) is 0 Å². The lowest BCUT2D eigenvalue weighted by Gasteiger charge is -2.11. The lowest BCUT2D eigenvalue weighted by atomic mass is 10.2. The van der Waals surface area contributed by atoms with Crippen LogP contribution in [0.15, 0.2) is 22.7 Å². The summed E-state index contributed by atoms with van der Waals surface area (Å²) in [5, 5.41) is 0. The molecule has 0 fully saturated rings. The summed E-state index contributed by atoms with van der Waals surface area (Å²) in [7, 11) is 2.92. The molecule has 0 aliphatic heterocycles. The van der Waals surface area contributed by atoms with Gasteiger partial charge in [-0.3, -0.25) is 0 Å². The summed E-state index contributed by atoms with van der Waals surface area (Å²) in [5.74, 6) is 0.0557. The second kappa shape index (κ2) is 6.50. The minimum Gasteiger partial charge on any atom is -0.489 e. The molecule has 0 spiro atoms. The molecule has 0 bridgehead atoms.